The zero-order valence-electron chi connectivity index (χ0n) is 6.52. The van der Waals surface area contributed by atoms with Gasteiger partial charge in [0.2, 0.25) is 0 Å². The molecule has 0 amide bonds. The number of rotatable bonds is 4. The first kappa shape index (κ1) is 9.29. The van der Waals surface area contributed by atoms with E-state index in [9.17, 15) is 0 Å². The third kappa shape index (κ3) is 3.80. The topological polar surface area (TPSA) is 0 Å². The number of hydrogen-bond donors (Lipinski definition) is 0. The van der Waals surface area contributed by atoms with Crippen molar-refractivity contribution in [2.45, 2.75) is 39.0 Å². The minimum Gasteiger partial charge on any atom is -0.123 e. The fourth-order valence-corrected chi connectivity index (χ4v) is 0.994. The molecule has 0 N–H and O–H groups in total. The molecule has 55 valence electrons. The van der Waals surface area contributed by atoms with Crippen molar-refractivity contribution >= 4 is 11.6 Å². The molecule has 0 saturated carbocycles. The van der Waals surface area contributed by atoms with E-state index >= 15 is 0 Å². The SMILES string of the molecule is CC[CH]C(C)C(Cl)CC. The minimum atomic E-state index is 0.338. The van der Waals surface area contributed by atoms with Crippen molar-refractivity contribution in [2.24, 2.45) is 5.92 Å². The van der Waals surface area contributed by atoms with Crippen molar-refractivity contribution in [3.63, 3.8) is 0 Å². The minimum absolute atomic E-state index is 0.338. The van der Waals surface area contributed by atoms with Gasteiger partial charge in [0.05, 0.1) is 0 Å². The zero-order chi connectivity index (χ0) is 7.28. The zero-order valence-corrected chi connectivity index (χ0v) is 7.28. The van der Waals surface area contributed by atoms with E-state index < -0.39 is 0 Å². The van der Waals surface area contributed by atoms with Gasteiger partial charge in [-0.15, -0.1) is 11.6 Å². The summed E-state index contributed by atoms with van der Waals surface area (Å²) in [6.45, 7) is 6.44. The Bertz CT molecular complexity index is 61.6. The Kier molecular flexibility index (Phi) is 5.27. The summed E-state index contributed by atoms with van der Waals surface area (Å²) in [7, 11) is 0. The summed E-state index contributed by atoms with van der Waals surface area (Å²) in [5.74, 6) is 0.571. The molecule has 1 radical (unpaired) electrons. The highest BCUT2D eigenvalue weighted by atomic mass is 35.5. The fourth-order valence-electron chi connectivity index (χ4n) is 0.891. The molecule has 0 aliphatic carbocycles. The summed E-state index contributed by atoms with van der Waals surface area (Å²) < 4.78 is 0. The van der Waals surface area contributed by atoms with Crippen LogP contribution in [0.1, 0.15) is 33.6 Å². The van der Waals surface area contributed by atoms with Gasteiger partial charge in [0.25, 0.3) is 0 Å². The fraction of sp³-hybridized carbons (Fsp3) is 0.875. The van der Waals surface area contributed by atoms with Crippen LogP contribution in [0.3, 0.4) is 0 Å². The number of hydrogen-bond acceptors (Lipinski definition) is 0. The van der Waals surface area contributed by atoms with Gasteiger partial charge in [0.1, 0.15) is 0 Å². The van der Waals surface area contributed by atoms with E-state index in [2.05, 4.69) is 27.2 Å². The van der Waals surface area contributed by atoms with Gasteiger partial charge in [0.15, 0.2) is 0 Å². The summed E-state index contributed by atoms with van der Waals surface area (Å²) in [6.07, 6.45) is 4.46. The van der Waals surface area contributed by atoms with Crippen molar-refractivity contribution < 1.29 is 0 Å². The molecule has 0 aliphatic heterocycles. The average Bonchev–Trinajstić information content (AvgIpc) is 1.87. The third-order valence-electron chi connectivity index (χ3n) is 1.57. The normalized spacial score (nSPS) is 17.3. The molecule has 2 atom stereocenters. The molecule has 9 heavy (non-hydrogen) atoms. The summed E-state index contributed by atoms with van der Waals surface area (Å²) in [4.78, 5) is 0. The Balaban J connectivity index is 3.32. The highest BCUT2D eigenvalue weighted by Gasteiger charge is 2.10. The van der Waals surface area contributed by atoms with Crippen LogP contribution in [0, 0.1) is 12.3 Å². The van der Waals surface area contributed by atoms with Gasteiger partial charge < -0.3 is 0 Å². The molecule has 0 heterocycles. The lowest BCUT2D eigenvalue weighted by Gasteiger charge is -2.13. The second-order valence-corrected chi connectivity index (χ2v) is 2.99. The van der Waals surface area contributed by atoms with Crippen LogP contribution in [0.5, 0.6) is 0 Å². The Morgan fingerprint density at radius 1 is 1.44 bits per heavy atom. The first-order valence-corrected chi connectivity index (χ1v) is 4.13. The predicted octanol–water partition coefficient (Wildman–Crippen LogP) is 3.25. The predicted molar refractivity (Wildman–Crippen MR) is 43.7 cm³/mol. The molecule has 0 aromatic carbocycles. The summed E-state index contributed by atoms with van der Waals surface area (Å²) in [6, 6.07) is 0. The maximum atomic E-state index is 5.96. The molecule has 0 fully saturated rings. The van der Waals surface area contributed by atoms with Gasteiger partial charge in [0, 0.05) is 5.38 Å². The van der Waals surface area contributed by atoms with E-state index in [1.54, 1.807) is 0 Å². The van der Waals surface area contributed by atoms with Crippen LogP contribution in [0.4, 0.5) is 0 Å². The molecule has 0 aromatic heterocycles. The Labute approximate surface area is 63.6 Å². The number of halogens is 1. The highest BCUT2D eigenvalue weighted by Crippen LogP contribution is 2.17. The smallest absolute Gasteiger partial charge is 0.0361 e. The van der Waals surface area contributed by atoms with Gasteiger partial charge in [-0.2, -0.15) is 0 Å². The number of alkyl halides is 1. The standard InChI is InChI=1S/C8H16Cl/c1-4-6-7(3)8(9)5-2/h6-8H,4-5H2,1-3H3. The van der Waals surface area contributed by atoms with E-state index in [0.717, 1.165) is 12.8 Å². The first-order valence-electron chi connectivity index (χ1n) is 3.69. The molecule has 0 aliphatic rings. The Morgan fingerprint density at radius 3 is 2.33 bits per heavy atom. The van der Waals surface area contributed by atoms with E-state index in [1.165, 1.54) is 0 Å². The van der Waals surface area contributed by atoms with Gasteiger partial charge in [-0.25, -0.2) is 0 Å². The maximum Gasteiger partial charge on any atom is 0.0361 e. The van der Waals surface area contributed by atoms with Crippen molar-refractivity contribution in [1.29, 1.82) is 0 Å². The van der Waals surface area contributed by atoms with Crippen LogP contribution in [-0.2, 0) is 0 Å². The van der Waals surface area contributed by atoms with Crippen LogP contribution < -0.4 is 0 Å². The van der Waals surface area contributed by atoms with E-state index in [0.29, 0.717) is 11.3 Å². The molecule has 0 aromatic rings. The molecule has 0 rings (SSSR count). The largest absolute Gasteiger partial charge is 0.123 e. The Hall–Kier alpha value is 0.290. The molecular formula is C8H16Cl. The first-order chi connectivity index (χ1) is 4.22. The quantitative estimate of drug-likeness (QED) is 0.536. The highest BCUT2D eigenvalue weighted by molar-refractivity contribution is 6.20. The second-order valence-electron chi connectivity index (χ2n) is 2.43. The van der Waals surface area contributed by atoms with Gasteiger partial charge >= 0.3 is 0 Å². The Morgan fingerprint density at radius 2 is 2.00 bits per heavy atom. The van der Waals surface area contributed by atoms with Crippen molar-refractivity contribution in [2.75, 3.05) is 0 Å². The van der Waals surface area contributed by atoms with Gasteiger partial charge in [-0.05, 0) is 18.8 Å². The lowest BCUT2D eigenvalue weighted by molar-refractivity contribution is 0.588. The second kappa shape index (κ2) is 5.10. The third-order valence-corrected chi connectivity index (χ3v) is 2.27. The van der Waals surface area contributed by atoms with Crippen LogP contribution in [0.25, 0.3) is 0 Å². The molecular weight excluding hydrogens is 132 g/mol. The summed E-state index contributed by atoms with van der Waals surface area (Å²) in [5, 5.41) is 0.338. The van der Waals surface area contributed by atoms with Gasteiger partial charge in [-0.3, -0.25) is 0 Å². The molecule has 0 saturated heterocycles. The maximum absolute atomic E-state index is 5.96. The van der Waals surface area contributed by atoms with E-state index in [1.807, 2.05) is 0 Å². The lowest BCUT2D eigenvalue weighted by atomic mass is 10.0. The van der Waals surface area contributed by atoms with E-state index in [4.69, 9.17) is 11.6 Å². The molecule has 0 nitrogen and oxygen atoms in total. The van der Waals surface area contributed by atoms with Crippen LogP contribution in [-0.4, -0.2) is 5.38 Å². The van der Waals surface area contributed by atoms with Crippen molar-refractivity contribution in [1.82, 2.24) is 0 Å². The molecule has 1 heteroatoms. The average molecular weight is 148 g/mol. The van der Waals surface area contributed by atoms with Crippen molar-refractivity contribution in [3.8, 4) is 0 Å². The van der Waals surface area contributed by atoms with Crippen LogP contribution in [0.2, 0.25) is 0 Å². The molecule has 0 bridgehead atoms. The monoisotopic (exact) mass is 147 g/mol. The summed E-state index contributed by atoms with van der Waals surface area (Å²) >= 11 is 5.96. The van der Waals surface area contributed by atoms with Gasteiger partial charge in [-0.1, -0.05) is 27.2 Å². The van der Waals surface area contributed by atoms with Crippen molar-refractivity contribution in [3.05, 3.63) is 6.42 Å². The molecule has 2 unspecified atom stereocenters. The van der Waals surface area contributed by atoms with Crippen LogP contribution >= 0.6 is 11.6 Å². The summed E-state index contributed by atoms with van der Waals surface area (Å²) in [5.41, 5.74) is 0. The lowest BCUT2D eigenvalue weighted by Crippen LogP contribution is -2.09. The van der Waals surface area contributed by atoms with Crippen LogP contribution in [0.15, 0.2) is 0 Å². The molecule has 0 spiro atoms. The van der Waals surface area contributed by atoms with E-state index in [-0.39, 0.29) is 0 Å².